The molecule has 1 nitrogen and oxygen atoms in total. The molecule has 0 saturated heterocycles. The molecule has 1 aliphatic rings. The minimum absolute atomic E-state index is 0.564. The summed E-state index contributed by atoms with van der Waals surface area (Å²) >= 11 is 0. The highest BCUT2D eigenvalue weighted by Crippen LogP contribution is 2.26. The van der Waals surface area contributed by atoms with Crippen molar-refractivity contribution in [2.75, 3.05) is 6.61 Å². The van der Waals surface area contributed by atoms with Gasteiger partial charge in [-0.2, -0.15) is 0 Å². The molecular formula is C13H20O. The van der Waals surface area contributed by atoms with E-state index < -0.39 is 0 Å². The molecule has 0 N–H and O–H groups in total. The summed E-state index contributed by atoms with van der Waals surface area (Å²) in [5, 5.41) is 0. The molecule has 1 aliphatic heterocycles. The van der Waals surface area contributed by atoms with Crippen LogP contribution in [0.15, 0.2) is 18.2 Å². The van der Waals surface area contributed by atoms with Crippen molar-refractivity contribution in [2.45, 2.75) is 40.2 Å². The van der Waals surface area contributed by atoms with E-state index in [0.717, 1.165) is 13.2 Å². The Labute approximate surface area is 87.1 Å². The van der Waals surface area contributed by atoms with Crippen molar-refractivity contribution in [3.63, 3.8) is 0 Å². The SMILES string of the molecule is CC.Cc1ccc2c(c1)[C@H](C)COC2. The summed E-state index contributed by atoms with van der Waals surface area (Å²) in [5.74, 6) is 0.564. The van der Waals surface area contributed by atoms with Gasteiger partial charge in [0.15, 0.2) is 0 Å². The summed E-state index contributed by atoms with van der Waals surface area (Å²) < 4.78 is 5.45. The number of hydrogen-bond donors (Lipinski definition) is 0. The average molecular weight is 192 g/mol. The summed E-state index contributed by atoms with van der Waals surface area (Å²) in [6.45, 7) is 10.0. The van der Waals surface area contributed by atoms with E-state index >= 15 is 0 Å². The Morgan fingerprint density at radius 3 is 2.71 bits per heavy atom. The lowest BCUT2D eigenvalue weighted by Gasteiger charge is -2.22. The van der Waals surface area contributed by atoms with E-state index in [0.29, 0.717) is 5.92 Å². The number of benzene rings is 1. The van der Waals surface area contributed by atoms with E-state index in [9.17, 15) is 0 Å². The Kier molecular flexibility index (Phi) is 4.15. The van der Waals surface area contributed by atoms with Crippen LogP contribution < -0.4 is 0 Å². The fourth-order valence-corrected chi connectivity index (χ4v) is 1.74. The molecule has 0 aliphatic carbocycles. The third-order valence-corrected chi connectivity index (χ3v) is 2.46. The quantitative estimate of drug-likeness (QED) is 0.609. The smallest absolute Gasteiger partial charge is 0.0719 e. The number of ether oxygens (including phenoxy) is 1. The maximum absolute atomic E-state index is 5.45. The molecule has 0 saturated carbocycles. The van der Waals surface area contributed by atoms with Gasteiger partial charge < -0.3 is 4.74 Å². The van der Waals surface area contributed by atoms with E-state index in [2.05, 4.69) is 32.0 Å². The van der Waals surface area contributed by atoms with Crippen LogP contribution in [-0.4, -0.2) is 6.61 Å². The van der Waals surface area contributed by atoms with Crippen LogP contribution >= 0.6 is 0 Å². The first kappa shape index (κ1) is 11.3. The van der Waals surface area contributed by atoms with Crippen molar-refractivity contribution >= 4 is 0 Å². The molecule has 1 heteroatoms. The molecule has 0 bridgehead atoms. The number of hydrogen-bond acceptors (Lipinski definition) is 1. The molecule has 78 valence electrons. The summed E-state index contributed by atoms with van der Waals surface area (Å²) in [7, 11) is 0. The predicted molar refractivity (Wildman–Crippen MR) is 60.6 cm³/mol. The van der Waals surface area contributed by atoms with Gasteiger partial charge >= 0.3 is 0 Å². The van der Waals surface area contributed by atoms with Crippen LogP contribution in [0.25, 0.3) is 0 Å². The van der Waals surface area contributed by atoms with Crippen molar-refractivity contribution in [1.29, 1.82) is 0 Å². The third kappa shape index (κ3) is 2.36. The largest absolute Gasteiger partial charge is 0.376 e. The van der Waals surface area contributed by atoms with Crippen LogP contribution in [0.3, 0.4) is 0 Å². The highest BCUT2D eigenvalue weighted by Gasteiger charge is 2.15. The molecule has 14 heavy (non-hydrogen) atoms. The topological polar surface area (TPSA) is 9.23 Å². The van der Waals surface area contributed by atoms with Gasteiger partial charge in [0.1, 0.15) is 0 Å². The van der Waals surface area contributed by atoms with Gasteiger partial charge in [-0.1, -0.05) is 44.5 Å². The fourth-order valence-electron chi connectivity index (χ4n) is 1.74. The first-order chi connectivity index (χ1) is 6.77. The van der Waals surface area contributed by atoms with Gasteiger partial charge in [-0.15, -0.1) is 0 Å². The molecule has 0 unspecified atom stereocenters. The van der Waals surface area contributed by atoms with Crippen molar-refractivity contribution in [2.24, 2.45) is 0 Å². The zero-order chi connectivity index (χ0) is 10.6. The molecule has 0 aromatic heterocycles. The molecule has 0 fully saturated rings. The maximum Gasteiger partial charge on any atom is 0.0719 e. The van der Waals surface area contributed by atoms with Crippen LogP contribution in [0.5, 0.6) is 0 Å². The second-order valence-corrected chi connectivity index (χ2v) is 3.62. The Balaban J connectivity index is 0.000000461. The zero-order valence-corrected chi connectivity index (χ0v) is 9.63. The van der Waals surface area contributed by atoms with Gasteiger partial charge in [0.05, 0.1) is 13.2 Å². The summed E-state index contributed by atoms with van der Waals surface area (Å²) in [6, 6.07) is 6.61. The summed E-state index contributed by atoms with van der Waals surface area (Å²) in [6.07, 6.45) is 0. The highest BCUT2D eigenvalue weighted by atomic mass is 16.5. The lowest BCUT2D eigenvalue weighted by molar-refractivity contribution is 0.0950. The van der Waals surface area contributed by atoms with Gasteiger partial charge in [-0.05, 0) is 18.1 Å². The molecule has 1 aromatic rings. The van der Waals surface area contributed by atoms with Crippen molar-refractivity contribution in [1.82, 2.24) is 0 Å². The van der Waals surface area contributed by atoms with E-state index in [1.54, 1.807) is 0 Å². The van der Waals surface area contributed by atoms with E-state index in [4.69, 9.17) is 4.74 Å². The molecular weight excluding hydrogens is 172 g/mol. The number of aryl methyl sites for hydroxylation is 1. The number of rotatable bonds is 0. The molecule has 2 rings (SSSR count). The number of fused-ring (bicyclic) bond motifs is 1. The fraction of sp³-hybridized carbons (Fsp3) is 0.538. The van der Waals surface area contributed by atoms with Crippen LogP contribution in [0, 0.1) is 6.92 Å². The van der Waals surface area contributed by atoms with Gasteiger partial charge in [0.25, 0.3) is 0 Å². The first-order valence-corrected chi connectivity index (χ1v) is 5.44. The second kappa shape index (κ2) is 5.16. The van der Waals surface area contributed by atoms with Crippen LogP contribution in [0.4, 0.5) is 0 Å². The average Bonchev–Trinajstić information content (AvgIpc) is 2.22. The van der Waals surface area contributed by atoms with Crippen LogP contribution in [-0.2, 0) is 11.3 Å². The predicted octanol–water partition coefficient (Wildman–Crippen LogP) is 3.65. The van der Waals surface area contributed by atoms with Crippen molar-refractivity contribution < 1.29 is 4.74 Å². The zero-order valence-electron chi connectivity index (χ0n) is 9.63. The van der Waals surface area contributed by atoms with Crippen molar-refractivity contribution in [3.05, 3.63) is 34.9 Å². The van der Waals surface area contributed by atoms with Gasteiger partial charge in [0.2, 0.25) is 0 Å². The van der Waals surface area contributed by atoms with Crippen LogP contribution in [0.1, 0.15) is 43.4 Å². The summed E-state index contributed by atoms with van der Waals surface area (Å²) in [4.78, 5) is 0. The molecule has 0 amide bonds. The Morgan fingerprint density at radius 1 is 1.29 bits per heavy atom. The minimum Gasteiger partial charge on any atom is -0.376 e. The molecule has 0 spiro atoms. The van der Waals surface area contributed by atoms with E-state index in [1.165, 1.54) is 16.7 Å². The van der Waals surface area contributed by atoms with Crippen molar-refractivity contribution in [3.8, 4) is 0 Å². The highest BCUT2D eigenvalue weighted by molar-refractivity contribution is 5.34. The lowest BCUT2D eigenvalue weighted by Crippen LogP contribution is -2.14. The third-order valence-electron chi connectivity index (χ3n) is 2.46. The molecule has 1 heterocycles. The lowest BCUT2D eigenvalue weighted by atomic mass is 9.93. The first-order valence-electron chi connectivity index (χ1n) is 5.44. The Morgan fingerprint density at radius 2 is 2.00 bits per heavy atom. The standard InChI is InChI=1S/C11H14O.C2H6/c1-8-3-4-10-7-12-6-9(2)11(10)5-8;1-2/h3-5,9H,6-7H2,1-2H3;1-2H3/t9-;/m1./s1. The normalized spacial score (nSPS) is 19.3. The summed E-state index contributed by atoms with van der Waals surface area (Å²) in [5.41, 5.74) is 4.18. The Hall–Kier alpha value is -0.820. The van der Waals surface area contributed by atoms with E-state index in [-0.39, 0.29) is 0 Å². The van der Waals surface area contributed by atoms with Crippen LogP contribution in [0.2, 0.25) is 0 Å². The maximum atomic E-state index is 5.45. The molecule has 1 aromatic carbocycles. The monoisotopic (exact) mass is 192 g/mol. The van der Waals surface area contributed by atoms with E-state index in [1.807, 2.05) is 13.8 Å². The van der Waals surface area contributed by atoms with Gasteiger partial charge in [-0.25, -0.2) is 0 Å². The Bertz CT molecular complexity index is 291. The van der Waals surface area contributed by atoms with Gasteiger partial charge in [0, 0.05) is 5.92 Å². The molecule has 0 radical (unpaired) electrons. The minimum atomic E-state index is 0.564. The molecule has 1 atom stereocenters. The second-order valence-electron chi connectivity index (χ2n) is 3.62. The van der Waals surface area contributed by atoms with Gasteiger partial charge in [-0.3, -0.25) is 0 Å².